The fraction of sp³-hybridized carbons (Fsp3) is 0.286. The molecule has 1 aliphatic rings. The Morgan fingerprint density at radius 1 is 1.11 bits per heavy atom. The van der Waals surface area contributed by atoms with Gasteiger partial charge in [0.05, 0.1) is 10.3 Å². The van der Waals surface area contributed by atoms with E-state index in [-0.39, 0.29) is 10.8 Å². The lowest BCUT2D eigenvalue weighted by Gasteiger charge is -2.16. The van der Waals surface area contributed by atoms with Gasteiger partial charge in [-0.25, -0.2) is 8.42 Å². The number of benzene rings is 2. The van der Waals surface area contributed by atoms with E-state index in [9.17, 15) is 13.2 Å². The van der Waals surface area contributed by atoms with E-state index < -0.39 is 15.4 Å². The second-order valence-corrected chi connectivity index (χ2v) is 8.69. The molecule has 3 rings (SSSR count). The van der Waals surface area contributed by atoms with Gasteiger partial charge in [-0.1, -0.05) is 24.3 Å². The predicted octanol–water partition coefficient (Wildman–Crippen LogP) is 3.44. The average molecular weight is 385 g/mol. The lowest BCUT2D eigenvalue weighted by atomic mass is 9.95. The van der Waals surface area contributed by atoms with Crippen LogP contribution >= 0.6 is 0 Å². The summed E-state index contributed by atoms with van der Waals surface area (Å²) in [5, 5.41) is 2.85. The van der Waals surface area contributed by atoms with E-state index in [1.54, 1.807) is 36.4 Å². The minimum Gasteiger partial charge on any atom is -0.352 e. The molecule has 0 saturated heterocycles. The van der Waals surface area contributed by atoms with Crippen molar-refractivity contribution in [3.63, 3.8) is 0 Å². The molecule has 0 unspecified atom stereocenters. The molecular weight excluding hydrogens is 360 g/mol. The number of nitrogens with one attached hydrogen (secondary N) is 2. The highest BCUT2D eigenvalue weighted by Crippen LogP contribution is 2.48. The van der Waals surface area contributed by atoms with Crippen LogP contribution in [-0.2, 0) is 20.2 Å². The largest absolute Gasteiger partial charge is 0.352 e. The molecule has 1 fully saturated rings. The maximum absolute atomic E-state index is 12.6. The Hall–Kier alpha value is -2.60. The molecular formula is C21H24N2O3S. The second kappa shape index (κ2) is 7.19. The zero-order valence-corrected chi connectivity index (χ0v) is 16.4. The van der Waals surface area contributed by atoms with Gasteiger partial charge in [-0.3, -0.25) is 9.52 Å². The topological polar surface area (TPSA) is 75.3 Å². The van der Waals surface area contributed by atoms with E-state index in [2.05, 4.69) is 16.6 Å². The van der Waals surface area contributed by atoms with Crippen molar-refractivity contribution < 1.29 is 13.2 Å². The summed E-state index contributed by atoms with van der Waals surface area (Å²) in [5.74, 6) is -0.00846. The van der Waals surface area contributed by atoms with Crippen LogP contribution in [0.15, 0.2) is 60.0 Å². The standard InChI is InChI=1S/C21H24N2O3S/c1-4-13-22-20(24)21(11-12-21)17-6-8-18(9-7-17)23-27(25,26)19-10-5-15(2)16(3)14-19/h4-10,14,23H,1,11-13H2,2-3H3,(H,22,24). The maximum atomic E-state index is 12.6. The van der Waals surface area contributed by atoms with Crippen LogP contribution in [0.2, 0.25) is 0 Å². The van der Waals surface area contributed by atoms with Crippen molar-refractivity contribution in [2.24, 2.45) is 0 Å². The van der Waals surface area contributed by atoms with Crippen molar-refractivity contribution in [2.75, 3.05) is 11.3 Å². The number of carbonyl (C=O) groups excluding carboxylic acids is 1. The first kappa shape index (κ1) is 19.2. The van der Waals surface area contributed by atoms with Crippen LogP contribution in [0.1, 0.15) is 29.5 Å². The lowest BCUT2D eigenvalue weighted by molar-refractivity contribution is -0.123. The Kier molecular flexibility index (Phi) is 5.11. The summed E-state index contributed by atoms with van der Waals surface area (Å²) < 4.78 is 27.8. The molecule has 2 N–H and O–H groups in total. The van der Waals surface area contributed by atoms with Crippen LogP contribution in [-0.4, -0.2) is 20.9 Å². The summed E-state index contributed by atoms with van der Waals surface area (Å²) in [6.45, 7) is 7.87. The SMILES string of the molecule is C=CCNC(=O)C1(c2ccc(NS(=O)(=O)c3ccc(C)c(C)c3)cc2)CC1. The number of amides is 1. The Morgan fingerprint density at radius 3 is 2.33 bits per heavy atom. The number of aryl methyl sites for hydroxylation is 2. The maximum Gasteiger partial charge on any atom is 0.261 e. The number of rotatable bonds is 7. The fourth-order valence-corrected chi connectivity index (χ4v) is 4.20. The zero-order valence-electron chi connectivity index (χ0n) is 15.6. The van der Waals surface area contributed by atoms with E-state index >= 15 is 0 Å². The van der Waals surface area contributed by atoms with Crippen molar-refractivity contribution in [2.45, 2.75) is 37.0 Å². The molecule has 0 aromatic heterocycles. The highest BCUT2D eigenvalue weighted by Gasteiger charge is 2.50. The summed E-state index contributed by atoms with van der Waals surface area (Å²) in [5.41, 5.74) is 2.85. The van der Waals surface area contributed by atoms with Gasteiger partial charge in [-0.05, 0) is 67.6 Å². The third-order valence-electron chi connectivity index (χ3n) is 5.07. The van der Waals surface area contributed by atoms with Crippen molar-refractivity contribution >= 4 is 21.6 Å². The second-order valence-electron chi connectivity index (χ2n) is 7.01. The summed E-state index contributed by atoms with van der Waals surface area (Å²) >= 11 is 0. The van der Waals surface area contributed by atoms with Crippen LogP contribution in [0.5, 0.6) is 0 Å². The van der Waals surface area contributed by atoms with Crippen molar-refractivity contribution in [3.05, 3.63) is 71.8 Å². The van der Waals surface area contributed by atoms with Crippen molar-refractivity contribution in [1.29, 1.82) is 0 Å². The first-order valence-corrected chi connectivity index (χ1v) is 10.4. The van der Waals surface area contributed by atoms with Gasteiger partial charge in [-0.2, -0.15) is 0 Å². The van der Waals surface area contributed by atoms with Crippen molar-refractivity contribution in [3.8, 4) is 0 Å². The smallest absolute Gasteiger partial charge is 0.261 e. The Labute approximate surface area is 160 Å². The molecule has 6 heteroatoms. The van der Waals surface area contributed by atoms with Crippen LogP contribution in [0.3, 0.4) is 0 Å². The first-order chi connectivity index (χ1) is 12.8. The third kappa shape index (κ3) is 3.90. The predicted molar refractivity (Wildman–Crippen MR) is 107 cm³/mol. The van der Waals surface area contributed by atoms with Gasteiger partial charge in [0.2, 0.25) is 5.91 Å². The molecule has 0 aliphatic heterocycles. The Morgan fingerprint density at radius 2 is 1.78 bits per heavy atom. The van der Waals surface area contributed by atoms with E-state index in [0.29, 0.717) is 12.2 Å². The minimum atomic E-state index is -3.65. The quantitative estimate of drug-likeness (QED) is 0.718. The van der Waals surface area contributed by atoms with E-state index in [0.717, 1.165) is 29.5 Å². The van der Waals surface area contributed by atoms with Gasteiger partial charge in [0.25, 0.3) is 10.0 Å². The molecule has 1 amide bonds. The van der Waals surface area contributed by atoms with E-state index in [1.807, 2.05) is 26.0 Å². The van der Waals surface area contributed by atoms with E-state index in [1.165, 1.54) is 0 Å². The molecule has 0 heterocycles. The van der Waals surface area contributed by atoms with Gasteiger partial charge in [0.1, 0.15) is 0 Å². The molecule has 2 aromatic rings. The number of hydrogen-bond acceptors (Lipinski definition) is 3. The Balaban J connectivity index is 1.77. The molecule has 0 radical (unpaired) electrons. The molecule has 2 aromatic carbocycles. The zero-order chi connectivity index (χ0) is 19.7. The lowest BCUT2D eigenvalue weighted by Crippen LogP contribution is -2.34. The average Bonchev–Trinajstić information content (AvgIpc) is 3.44. The molecule has 142 valence electrons. The first-order valence-electron chi connectivity index (χ1n) is 8.88. The molecule has 0 bridgehead atoms. The van der Waals surface area contributed by atoms with Crippen LogP contribution < -0.4 is 10.0 Å². The number of carbonyl (C=O) groups is 1. The molecule has 0 spiro atoms. The third-order valence-corrected chi connectivity index (χ3v) is 6.45. The summed E-state index contributed by atoms with van der Waals surface area (Å²) in [6, 6.07) is 12.1. The highest BCUT2D eigenvalue weighted by atomic mass is 32.2. The van der Waals surface area contributed by atoms with Gasteiger partial charge in [0.15, 0.2) is 0 Å². The molecule has 0 atom stereocenters. The monoisotopic (exact) mass is 384 g/mol. The Bertz CT molecular complexity index is 975. The highest BCUT2D eigenvalue weighted by molar-refractivity contribution is 7.92. The minimum absolute atomic E-state index is 0.00846. The number of anilines is 1. The van der Waals surface area contributed by atoms with Crippen LogP contribution in [0.4, 0.5) is 5.69 Å². The van der Waals surface area contributed by atoms with Crippen LogP contribution in [0, 0.1) is 13.8 Å². The van der Waals surface area contributed by atoms with Gasteiger partial charge in [-0.15, -0.1) is 6.58 Å². The molecule has 1 aliphatic carbocycles. The number of hydrogen-bond donors (Lipinski definition) is 2. The van der Waals surface area contributed by atoms with E-state index in [4.69, 9.17) is 0 Å². The fourth-order valence-electron chi connectivity index (χ4n) is 3.06. The molecule has 5 nitrogen and oxygen atoms in total. The van der Waals surface area contributed by atoms with Crippen LogP contribution in [0.25, 0.3) is 0 Å². The summed E-state index contributed by atoms with van der Waals surface area (Å²) in [6.07, 6.45) is 3.24. The van der Waals surface area contributed by atoms with Gasteiger partial charge in [0, 0.05) is 12.2 Å². The normalized spacial score (nSPS) is 15.0. The molecule has 1 saturated carbocycles. The van der Waals surface area contributed by atoms with Crippen molar-refractivity contribution in [1.82, 2.24) is 5.32 Å². The summed E-state index contributed by atoms with van der Waals surface area (Å²) in [4.78, 5) is 12.6. The number of sulfonamides is 1. The van der Waals surface area contributed by atoms with Gasteiger partial charge < -0.3 is 5.32 Å². The summed E-state index contributed by atoms with van der Waals surface area (Å²) in [7, 11) is -3.65. The molecule has 27 heavy (non-hydrogen) atoms. The van der Waals surface area contributed by atoms with Gasteiger partial charge >= 0.3 is 0 Å².